The molecule has 0 saturated carbocycles. The van der Waals surface area contributed by atoms with E-state index in [0.29, 0.717) is 0 Å². The maximum atomic E-state index is 2.65. The monoisotopic (exact) mass is 96.1 g/mol. The first-order chi connectivity index (χ1) is 2.77. The van der Waals surface area contributed by atoms with Crippen LogP contribution in [0.1, 0.15) is 13.8 Å². The van der Waals surface area contributed by atoms with E-state index in [1.807, 2.05) is 0 Å². The van der Waals surface area contributed by atoms with Crippen molar-refractivity contribution in [3.8, 4) is 0 Å². The standard InChI is InChI=1S/C5H9.Al/c1-4-5(2)3;/h4H,1H2,2-3H3;/q;+2. The molecule has 0 atom stereocenters. The Kier molecular flexibility index (Phi) is 3.62. The summed E-state index contributed by atoms with van der Waals surface area (Å²) in [4.78, 5) is 0. The van der Waals surface area contributed by atoms with E-state index in [4.69, 9.17) is 0 Å². The zero-order chi connectivity index (χ0) is 4.99. The number of rotatable bonds is 1. The van der Waals surface area contributed by atoms with E-state index in [1.165, 1.54) is 5.57 Å². The predicted octanol–water partition coefficient (Wildman–Crippen LogP) is 1.54. The normalized spacial score (nSPS) is 8.00. The van der Waals surface area contributed by atoms with E-state index in [0.717, 1.165) is 5.28 Å². The molecule has 0 aliphatic heterocycles. The molecule has 1 heteroatoms. The predicted molar refractivity (Wildman–Crippen MR) is 30.0 cm³/mol. The average molecular weight is 96.1 g/mol. The molecule has 0 amide bonds. The first-order valence-corrected chi connectivity index (χ1v) is 2.92. The first-order valence-electron chi connectivity index (χ1n) is 2.11. The Hall–Kier alpha value is 0.272. The van der Waals surface area contributed by atoms with Crippen molar-refractivity contribution in [3.05, 3.63) is 11.6 Å². The van der Waals surface area contributed by atoms with Crippen LogP contribution in [-0.4, -0.2) is 16.3 Å². The Balaban J connectivity index is 3.14. The molecule has 0 aliphatic rings. The average Bonchev–Trinajstić information content (AvgIpc) is 1.35. The van der Waals surface area contributed by atoms with Gasteiger partial charge in [0.2, 0.25) is 0 Å². The second-order valence-corrected chi connectivity index (χ2v) is 1.99. The van der Waals surface area contributed by atoms with Gasteiger partial charge in [-0.05, 0) is 0 Å². The molecular weight excluding hydrogens is 87.0 g/mol. The fourth-order valence-corrected chi connectivity index (χ4v) is 0.707. The van der Waals surface area contributed by atoms with Gasteiger partial charge in [0.05, 0.1) is 0 Å². The summed E-state index contributed by atoms with van der Waals surface area (Å²) in [6, 6.07) is 0. The van der Waals surface area contributed by atoms with E-state index in [1.54, 1.807) is 0 Å². The second-order valence-electron chi connectivity index (χ2n) is 1.52. The molecule has 0 heterocycles. The zero-order valence-electron chi connectivity index (χ0n) is 4.36. The topological polar surface area (TPSA) is 0 Å². The van der Waals surface area contributed by atoms with Crippen molar-refractivity contribution in [2.45, 2.75) is 19.1 Å². The summed E-state index contributed by atoms with van der Waals surface area (Å²) in [6.45, 7) is 4.20. The van der Waals surface area contributed by atoms with Crippen LogP contribution >= 0.6 is 0 Å². The van der Waals surface area contributed by atoms with Crippen LogP contribution in [0.25, 0.3) is 0 Å². The number of allylic oxidation sites excluding steroid dienone is 2. The summed E-state index contributed by atoms with van der Waals surface area (Å²) < 4.78 is 0. The van der Waals surface area contributed by atoms with E-state index >= 15 is 0 Å². The van der Waals surface area contributed by atoms with E-state index in [-0.39, 0.29) is 0 Å². The fraction of sp³-hybridized carbons (Fsp3) is 0.600. The number of hydrogen-bond donors (Lipinski definition) is 0. The Morgan fingerprint density at radius 2 is 2.17 bits per heavy atom. The summed E-state index contributed by atoms with van der Waals surface area (Å²) in [5, 5.41) is 1.09. The zero-order valence-corrected chi connectivity index (χ0v) is 5.52. The summed E-state index contributed by atoms with van der Waals surface area (Å²) in [7, 11) is 0. The van der Waals surface area contributed by atoms with Gasteiger partial charge < -0.3 is 0 Å². The van der Waals surface area contributed by atoms with Crippen molar-refractivity contribution in [1.29, 1.82) is 0 Å². The Labute approximate surface area is 47.7 Å². The first kappa shape index (κ1) is 6.27. The molecular formula is C5H9Al+2. The molecule has 0 rings (SSSR count). The van der Waals surface area contributed by atoms with Gasteiger partial charge in [0.25, 0.3) is 0 Å². The molecule has 0 aromatic rings. The van der Waals surface area contributed by atoms with Gasteiger partial charge in [-0.15, -0.1) is 0 Å². The molecule has 0 fully saturated rings. The fourth-order valence-electron chi connectivity index (χ4n) is 0.236. The van der Waals surface area contributed by atoms with Gasteiger partial charge in [0.1, 0.15) is 0 Å². The third kappa shape index (κ3) is 4.27. The van der Waals surface area contributed by atoms with Crippen LogP contribution in [-0.2, 0) is 0 Å². The van der Waals surface area contributed by atoms with E-state index < -0.39 is 0 Å². The number of hydrogen-bond acceptors (Lipinski definition) is 0. The molecule has 0 unspecified atom stereocenters. The summed E-state index contributed by atoms with van der Waals surface area (Å²) in [5.41, 5.74) is 1.39. The molecule has 30 valence electrons. The van der Waals surface area contributed by atoms with Crippen molar-refractivity contribution in [3.63, 3.8) is 0 Å². The third-order valence-corrected chi connectivity index (χ3v) is 0.762. The molecule has 0 N–H and O–H groups in total. The van der Waals surface area contributed by atoms with Gasteiger partial charge in [-0.1, -0.05) is 0 Å². The van der Waals surface area contributed by atoms with Crippen LogP contribution in [0.2, 0.25) is 5.28 Å². The second kappa shape index (κ2) is 3.46. The van der Waals surface area contributed by atoms with Crippen LogP contribution in [0.3, 0.4) is 0 Å². The SMILES string of the molecule is CC(C)=C[CH2][Al+2]. The van der Waals surface area contributed by atoms with E-state index in [2.05, 4.69) is 36.2 Å². The van der Waals surface area contributed by atoms with Gasteiger partial charge in [-0.3, -0.25) is 0 Å². The summed E-state index contributed by atoms with van der Waals surface area (Å²) in [5.74, 6) is 0. The molecule has 6 heavy (non-hydrogen) atoms. The molecule has 0 nitrogen and oxygen atoms in total. The molecule has 0 spiro atoms. The van der Waals surface area contributed by atoms with Crippen molar-refractivity contribution in [2.75, 3.05) is 0 Å². The molecule has 0 aromatic heterocycles. The minimum atomic E-state index is 1.09. The van der Waals surface area contributed by atoms with Gasteiger partial charge in [0.15, 0.2) is 0 Å². The van der Waals surface area contributed by atoms with E-state index in [9.17, 15) is 0 Å². The quantitative estimate of drug-likeness (QED) is 0.343. The molecule has 0 aromatic carbocycles. The molecule has 0 bridgehead atoms. The van der Waals surface area contributed by atoms with Gasteiger partial charge in [-0.2, -0.15) is 0 Å². The van der Waals surface area contributed by atoms with Crippen LogP contribution in [0.15, 0.2) is 11.6 Å². The Morgan fingerprint density at radius 3 is 2.17 bits per heavy atom. The molecule has 0 aliphatic carbocycles. The Bertz CT molecular complexity index is 51.0. The molecule has 0 saturated heterocycles. The van der Waals surface area contributed by atoms with Crippen LogP contribution in [0.4, 0.5) is 0 Å². The summed E-state index contributed by atoms with van der Waals surface area (Å²) >= 11 is 2.65. The minimum absolute atomic E-state index is 1.09. The molecule has 0 radical (unpaired) electrons. The van der Waals surface area contributed by atoms with Crippen molar-refractivity contribution >= 4 is 16.3 Å². The van der Waals surface area contributed by atoms with Gasteiger partial charge in [0, 0.05) is 0 Å². The van der Waals surface area contributed by atoms with Crippen molar-refractivity contribution < 1.29 is 0 Å². The Morgan fingerprint density at radius 1 is 1.67 bits per heavy atom. The van der Waals surface area contributed by atoms with Crippen molar-refractivity contribution in [2.24, 2.45) is 0 Å². The van der Waals surface area contributed by atoms with Gasteiger partial charge >= 0.3 is 47.1 Å². The summed E-state index contributed by atoms with van der Waals surface area (Å²) in [6.07, 6.45) is 2.17. The van der Waals surface area contributed by atoms with Crippen molar-refractivity contribution in [1.82, 2.24) is 0 Å². The maximum absolute atomic E-state index is 2.65. The van der Waals surface area contributed by atoms with Gasteiger partial charge in [-0.25, -0.2) is 0 Å². The van der Waals surface area contributed by atoms with Crippen LogP contribution in [0, 0.1) is 0 Å². The van der Waals surface area contributed by atoms with Crippen LogP contribution < -0.4 is 0 Å². The van der Waals surface area contributed by atoms with Crippen LogP contribution in [0.5, 0.6) is 0 Å². The third-order valence-electron chi connectivity index (χ3n) is 0.526.